The molecule has 160 valence electrons. The zero-order chi connectivity index (χ0) is 21.8. The minimum atomic E-state index is -0.701. The van der Waals surface area contributed by atoms with Crippen molar-refractivity contribution in [1.82, 2.24) is 10.3 Å². The maximum absolute atomic E-state index is 11.4. The number of amides is 1. The largest absolute Gasteiger partial charge is 0.504 e. The van der Waals surface area contributed by atoms with E-state index in [4.69, 9.17) is 9.15 Å². The van der Waals surface area contributed by atoms with Crippen LogP contribution in [0.3, 0.4) is 0 Å². The molecule has 4 rings (SSSR count). The van der Waals surface area contributed by atoms with Gasteiger partial charge in [0.2, 0.25) is 5.89 Å². The molecule has 31 heavy (non-hydrogen) atoms. The summed E-state index contributed by atoms with van der Waals surface area (Å²) >= 11 is 0. The van der Waals surface area contributed by atoms with Crippen LogP contribution in [0.4, 0.5) is 4.79 Å². The molecule has 1 saturated heterocycles. The fraction of sp³-hybridized carbons (Fsp3) is 0.261. The van der Waals surface area contributed by atoms with E-state index in [9.17, 15) is 14.7 Å². The highest BCUT2D eigenvalue weighted by molar-refractivity contribution is 5.95. The van der Waals surface area contributed by atoms with Gasteiger partial charge in [0.25, 0.3) is 0 Å². The van der Waals surface area contributed by atoms with Gasteiger partial charge in [-0.3, -0.25) is 0 Å². The predicted molar refractivity (Wildman–Crippen MR) is 110 cm³/mol. The molecule has 2 N–H and O–H groups in total. The summed E-state index contributed by atoms with van der Waals surface area (Å²) in [4.78, 5) is 27.0. The van der Waals surface area contributed by atoms with Crippen LogP contribution >= 0.6 is 0 Å². The number of nitrogens with one attached hydrogen (secondary N) is 1. The maximum atomic E-state index is 11.4. The molecule has 0 aliphatic carbocycles. The summed E-state index contributed by atoms with van der Waals surface area (Å²) in [5.74, 6) is 1.01. The molecule has 1 fully saturated rings. The van der Waals surface area contributed by atoms with Crippen molar-refractivity contribution in [3.8, 4) is 23.0 Å². The molecule has 2 heterocycles. The minimum Gasteiger partial charge on any atom is -0.504 e. The number of phenols is 1. The Morgan fingerprint density at radius 1 is 1.16 bits per heavy atom. The number of ether oxygens (including phenoxy) is 2. The molecule has 1 atom stereocenters. The number of hydrogen-bond donors (Lipinski definition) is 2. The summed E-state index contributed by atoms with van der Waals surface area (Å²) in [5, 5.41) is 12.8. The molecule has 8 heteroatoms. The number of rotatable bonds is 8. The number of aromatic hydroxyl groups is 1. The third-order valence-electron chi connectivity index (χ3n) is 5.03. The number of phenolic OH excluding ortho intramolecular Hbond substituents is 1. The zero-order valence-corrected chi connectivity index (χ0v) is 17.0. The number of oxazole rings is 1. The molecular formula is C23H22N2O6. The lowest BCUT2D eigenvalue weighted by Crippen LogP contribution is -2.28. The van der Waals surface area contributed by atoms with Gasteiger partial charge in [-0.25, -0.2) is 14.6 Å². The number of aromatic nitrogens is 1. The van der Waals surface area contributed by atoms with Gasteiger partial charge in [-0.1, -0.05) is 24.3 Å². The van der Waals surface area contributed by atoms with Gasteiger partial charge in [-0.2, -0.15) is 0 Å². The number of cyclic esters (lactones) is 2. The van der Waals surface area contributed by atoms with Gasteiger partial charge in [0.15, 0.2) is 11.5 Å². The van der Waals surface area contributed by atoms with Crippen molar-refractivity contribution in [2.75, 3.05) is 0 Å². The first-order chi connectivity index (χ1) is 15.0. The number of nitrogens with zero attached hydrogens (tertiary/aromatic N) is 1. The molecule has 8 nitrogen and oxygen atoms in total. The number of hydrogen-bond acceptors (Lipinski definition) is 7. The van der Waals surface area contributed by atoms with E-state index in [1.165, 1.54) is 0 Å². The molecule has 1 amide bonds. The molecular weight excluding hydrogens is 400 g/mol. The Bertz CT molecular complexity index is 1090. The highest BCUT2D eigenvalue weighted by Crippen LogP contribution is 2.29. The van der Waals surface area contributed by atoms with Crippen molar-refractivity contribution in [1.29, 1.82) is 0 Å². The van der Waals surface area contributed by atoms with Crippen molar-refractivity contribution in [3.63, 3.8) is 0 Å². The Morgan fingerprint density at radius 3 is 2.68 bits per heavy atom. The molecule has 3 aromatic rings. The van der Waals surface area contributed by atoms with Crippen LogP contribution in [0.2, 0.25) is 0 Å². The molecule has 0 spiro atoms. The number of aryl methyl sites for hydroxylation is 2. The van der Waals surface area contributed by atoms with Crippen LogP contribution in [0, 0.1) is 6.92 Å². The minimum absolute atomic E-state index is 0.0236. The van der Waals surface area contributed by atoms with E-state index in [0.717, 1.165) is 11.1 Å². The van der Waals surface area contributed by atoms with Crippen LogP contribution in [0.25, 0.3) is 11.5 Å². The molecule has 1 aliphatic rings. The standard InChI is InChI=1S/C23H22N2O6/c1-14-18(24-21(30-14)16-7-3-2-4-8-16)13-29-20-11-10-15(12-19(20)26)6-5-9-17-22(27)31-23(28)25-17/h2-4,7-8,10-12,17,26H,5-6,9,13H2,1H3,(H,25,28). The lowest BCUT2D eigenvalue weighted by atomic mass is 10.0. The van der Waals surface area contributed by atoms with Crippen molar-refractivity contribution in [3.05, 3.63) is 65.5 Å². The summed E-state index contributed by atoms with van der Waals surface area (Å²) in [5.41, 5.74) is 2.44. The molecule has 0 radical (unpaired) electrons. The van der Waals surface area contributed by atoms with Crippen molar-refractivity contribution < 1.29 is 28.6 Å². The quantitative estimate of drug-likeness (QED) is 0.418. The van der Waals surface area contributed by atoms with Crippen LogP contribution < -0.4 is 10.1 Å². The fourth-order valence-corrected chi connectivity index (χ4v) is 3.35. The normalized spacial score (nSPS) is 15.6. The highest BCUT2D eigenvalue weighted by atomic mass is 16.6. The Balaban J connectivity index is 1.32. The maximum Gasteiger partial charge on any atom is 0.415 e. The van der Waals surface area contributed by atoms with Gasteiger partial charge < -0.3 is 24.3 Å². The number of esters is 1. The van der Waals surface area contributed by atoms with E-state index >= 15 is 0 Å². The Labute approximate surface area is 178 Å². The van der Waals surface area contributed by atoms with Crippen LogP contribution in [0.1, 0.15) is 29.9 Å². The van der Waals surface area contributed by atoms with Gasteiger partial charge >= 0.3 is 12.1 Å². The first kappa shape index (κ1) is 20.5. The van der Waals surface area contributed by atoms with Crippen LogP contribution in [-0.2, 0) is 22.6 Å². The summed E-state index contributed by atoms with van der Waals surface area (Å²) in [6.45, 7) is 1.99. The van der Waals surface area contributed by atoms with E-state index in [1.807, 2.05) is 43.3 Å². The average molecular weight is 422 g/mol. The van der Waals surface area contributed by atoms with E-state index in [2.05, 4.69) is 15.0 Å². The number of alkyl carbamates (subject to hydrolysis) is 1. The lowest BCUT2D eigenvalue weighted by Gasteiger charge is -2.09. The van der Waals surface area contributed by atoms with Crippen molar-refractivity contribution in [2.24, 2.45) is 0 Å². The van der Waals surface area contributed by atoms with E-state index < -0.39 is 18.1 Å². The smallest absolute Gasteiger partial charge is 0.415 e. The number of carbonyl (C=O) groups is 2. The van der Waals surface area contributed by atoms with Crippen molar-refractivity contribution >= 4 is 12.1 Å². The number of benzene rings is 2. The van der Waals surface area contributed by atoms with Gasteiger partial charge in [0.1, 0.15) is 24.1 Å². The molecule has 2 aromatic carbocycles. The molecule has 0 saturated carbocycles. The topological polar surface area (TPSA) is 111 Å². The summed E-state index contributed by atoms with van der Waals surface area (Å²) in [6, 6.07) is 14.2. The second-order valence-corrected chi connectivity index (χ2v) is 7.28. The van der Waals surface area contributed by atoms with Crippen LogP contribution in [-0.4, -0.2) is 28.2 Å². The van der Waals surface area contributed by atoms with E-state index in [1.54, 1.807) is 12.1 Å². The highest BCUT2D eigenvalue weighted by Gasteiger charge is 2.31. The first-order valence-corrected chi connectivity index (χ1v) is 9.98. The molecule has 1 aliphatic heterocycles. The second-order valence-electron chi connectivity index (χ2n) is 7.28. The molecule has 0 bridgehead atoms. The fourth-order valence-electron chi connectivity index (χ4n) is 3.35. The zero-order valence-electron chi connectivity index (χ0n) is 17.0. The third-order valence-corrected chi connectivity index (χ3v) is 5.03. The molecule has 1 aromatic heterocycles. The Hall–Kier alpha value is -3.81. The van der Waals surface area contributed by atoms with E-state index in [-0.39, 0.29) is 12.4 Å². The third kappa shape index (κ3) is 4.85. The van der Waals surface area contributed by atoms with Crippen LogP contribution in [0.15, 0.2) is 52.9 Å². The predicted octanol–water partition coefficient (Wildman–Crippen LogP) is 3.89. The van der Waals surface area contributed by atoms with Gasteiger partial charge in [-0.05, 0) is 56.0 Å². The van der Waals surface area contributed by atoms with Crippen molar-refractivity contribution in [2.45, 2.75) is 38.8 Å². The summed E-state index contributed by atoms with van der Waals surface area (Å²) in [7, 11) is 0. The molecule has 1 unspecified atom stereocenters. The van der Waals surface area contributed by atoms with Gasteiger partial charge in [-0.15, -0.1) is 0 Å². The first-order valence-electron chi connectivity index (χ1n) is 9.98. The SMILES string of the molecule is Cc1oc(-c2ccccc2)nc1COc1ccc(CCCC2NC(=O)OC2=O)cc1O. The number of carbonyl (C=O) groups excluding carboxylic acids is 2. The Kier molecular flexibility index (Phi) is 5.88. The van der Waals surface area contributed by atoms with Crippen LogP contribution in [0.5, 0.6) is 11.5 Å². The summed E-state index contributed by atoms with van der Waals surface area (Å²) in [6.07, 6.45) is 1.06. The van der Waals surface area contributed by atoms with Gasteiger partial charge in [0.05, 0.1) is 0 Å². The summed E-state index contributed by atoms with van der Waals surface area (Å²) < 4.78 is 15.9. The van der Waals surface area contributed by atoms with Gasteiger partial charge in [0, 0.05) is 5.56 Å². The average Bonchev–Trinajstić information content (AvgIpc) is 3.29. The second kappa shape index (κ2) is 8.91. The van der Waals surface area contributed by atoms with E-state index in [0.29, 0.717) is 42.4 Å². The monoisotopic (exact) mass is 422 g/mol. The Morgan fingerprint density at radius 2 is 1.97 bits per heavy atom. The lowest BCUT2D eigenvalue weighted by molar-refractivity contribution is -0.135.